The molecular weight excluding hydrogens is 835 g/mol. The van der Waals surface area contributed by atoms with Crippen LogP contribution in [-0.2, 0) is 14.8 Å². The molecule has 2 bridgehead atoms. The van der Waals surface area contributed by atoms with Crippen LogP contribution >= 0.6 is 11.8 Å². The van der Waals surface area contributed by atoms with Gasteiger partial charge in [-0.1, -0.05) is 43.2 Å². The molecule has 6 aliphatic rings. The largest absolute Gasteiger partial charge is 0.379 e. The van der Waals surface area contributed by atoms with E-state index in [9.17, 15) is 32.1 Å². The van der Waals surface area contributed by atoms with Crippen molar-refractivity contribution in [1.29, 1.82) is 0 Å². The van der Waals surface area contributed by atoms with Gasteiger partial charge in [0.05, 0.1) is 28.4 Å². The second-order valence-corrected chi connectivity index (χ2v) is 21.8. The van der Waals surface area contributed by atoms with E-state index < -0.39 is 43.3 Å². The lowest BCUT2D eigenvalue weighted by Gasteiger charge is -2.72. The van der Waals surface area contributed by atoms with E-state index in [0.29, 0.717) is 38.9 Å². The average molecular weight is 893 g/mol. The van der Waals surface area contributed by atoms with E-state index >= 15 is 0 Å². The summed E-state index contributed by atoms with van der Waals surface area (Å²) >= 11 is 1.73. The van der Waals surface area contributed by atoms with Gasteiger partial charge in [-0.15, -0.1) is 11.8 Å². The Morgan fingerprint density at radius 2 is 1.63 bits per heavy atom. The molecule has 2 aliphatic heterocycles. The molecule has 4 aliphatic carbocycles. The number of nitro groups is 1. The Bertz CT molecular complexity index is 2240. The maximum absolute atomic E-state index is 13.7. The third kappa shape index (κ3) is 9.54. The van der Waals surface area contributed by atoms with Crippen LogP contribution in [0.1, 0.15) is 76.1 Å². The maximum atomic E-state index is 13.7. The highest BCUT2D eigenvalue weighted by Crippen LogP contribution is 2.79. The monoisotopic (exact) mass is 892 g/mol. The maximum Gasteiger partial charge on any atom is 0.293 e. The standard InChI is InChI=1S/C46H58F2N6O6S2/c1-32(25-41(53-21-23-60-24-22-53)61-36-7-5-4-6-8-36)49-39-14-13-37(26-40(39)54(56)57)62(58,59)50-42(55)33-9-11-35(12-10-33)52-19-17-51(18-20-52)28-34-15-16-44(2,3)27-38(34)45-29-46(30-45,31-45)43(47)48/h4-14,26,32,41,43,49H,15-25,27-31H2,1-3H3,(H,50,55)/t32-,41+,45?,46?/m1/s1. The van der Waals surface area contributed by atoms with Crippen molar-refractivity contribution < 1.29 is 31.7 Å². The molecule has 1 amide bonds. The summed E-state index contributed by atoms with van der Waals surface area (Å²) in [5.74, 6) is -0.840. The molecule has 9 rings (SSSR count). The highest BCUT2D eigenvalue weighted by atomic mass is 32.2. The van der Waals surface area contributed by atoms with E-state index in [-0.39, 0.29) is 33.5 Å². The zero-order chi connectivity index (χ0) is 43.9. The zero-order valence-corrected chi connectivity index (χ0v) is 37.4. The molecule has 2 atom stereocenters. The Morgan fingerprint density at radius 3 is 2.27 bits per heavy atom. The topological polar surface area (TPSA) is 137 Å². The van der Waals surface area contributed by atoms with Crippen LogP contribution in [0, 0.1) is 26.4 Å². The summed E-state index contributed by atoms with van der Waals surface area (Å²) in [4.78, 5) is 32.7. The SMILES string of the molecule is C[C@H](C[C@H](Sc1ccccc1)N1CCOCC1)Nc1ccc(S(=O)(=O)NC(=O)c2ccc(N3CCN(CC4=C(C56CC(C(F)F)(C5)C6)CC(C)(C)CC4)CC3)cc2)cc1[N+](=O)[O-]. The van der Waals surface area contributed by atoms with Gasteiger partial charge in [-0.05, 0) is 111 Å². The first-order chi connectivity index (χ1) is 29.5. The van der Waals surface area contributed by atoms with Gasteiger partial charge in [-0.25, -0.2) is 21.9 Å². The molecule has 5 fully saturated rings. The highest BCUT2D eigenvalue weighted by Gasteiger charge is 2.73. The van der Waals surface area contributed by atoms with E-state index in [2.05, 4.69) is 50.7 Å². The molecule has 0 unspecified atom stereocenters. The molecule has 3 aromatic carbocycles. The normalized spacial score (nSPS) is 25.1. The summed E-state index contributed by atoms with van der Waals surface area (Å²) in [5, 5.41) is 15.6. The number of carbonyl (C=O) groups excluding carboxylic acids is 1. The van der Waals surface area contributed by atoms with Gasteiger partial charge in [0.2, 0.25) is 6.43 Å². The van der Waals surface area contributed by atoms with E-state index in [0.717, 1.165) is 81.7 Å². The summed E-state index contributed by atoms with van der Waals surface area (Å²) in [5.41, 5.74) is 3.21. The van der Waals surface area contributed by atoms with E-state index in [1.807, 2.05) is 25.1 Å². The Kier molecular flexibility index (Phi) is 12.8. The molecule has 16 heteroatoms. The number of anilines is 2. The Balaban J connectivity index is 0.860. The molecule has 62 heavy (non-hydrogen) atoms. The smallest absolute Gasteiger partial charge is 0.293 e. The number of nitro benzene ring substituents is 1. The van der Waals surface area contributed by atoms with Gasteiger partial charge >= 0.3 is 0 Å². The number of benzene rings is 3. The fourth-order valence-corrected chi connectivity index (χ4v) is 12.7. The zero-order valence-electron chi connectivity index (χ0n) is 35.8. The van der Waals surface area contributed by atoms with Crippen molar-refractivity contribution in [3.05, 3.63) is 99.6 Å². The molecule has 2 saturated heterocycles. The Hall–Kier alpha value is -4.09. The fourth-order valence-electron chi connectivity index (χ4n) is 10.4. The summed E-state index contributed by atoms with van der Waals surface area (Å²) < 4.78 is 62.0. The van der Waals surface area contributed by atoms with Crippen LogP contribution in [0.15, 0.2) is 93.7 Å². The van der Waals surface area contributed by atoms with Crippen molar-refractivity contribution in [3.8, 4) is 0 Å². The van der Waals surface area contributed by atoms with Crippen molar-refractivity contribution >= 4 is 44.8 Å². The first-order valence-corrected chi connectivity index (χ1v) is 24.1. The number of amides is 1. The van der Waals surface area contributed by atoms with Gasteiger partial charge < -0.3 is 15.0 Å². The molecule has 0 spiro atoms. The molecule has 334 valence electrons. The number of carbonyl (C=O) groups is 1. The molecule has 12 nitrogen and oxygen atoms in total. The van der Waals surface area contributed by atoms with Gasteiger partial charge in [0.25, 0.3) is 21.6 Å². The number of morpholine rings is 1. The van der Waals surface area contributed by atoms with Crippen LogP contribution in [0.2, 0.25) is 0 Å². The van der Waals surface area contributed by atoms with Crippen LogP contribution in [0.5, 0.6) is 0 Å². The van der Waals surface area contributed by atoms with Gasteiger partial charge in [0.1, 0.15) is 5.69 Å². The van der Waals surface area contributed by atoms with Crippen LogP contribution < -0.4 is 14.9 Å². The molecule has 2 N–H and O–H groups in total. The highest BCUT2D eigenvalue weighted by molar-refractivity contribution is 7.99. The number of alkyl halides is 2. The number of allylic oxidation sites excluding steroid dienone is 1. The summed E-state index contributed by atoms with van der Waals surface area (Å²) in [6, 6.07) is 20.3. The van der Waals surface area contributed by atoms with Crippen LogP contribution in [0.4, 0.5) is 25.8 Å². The number of thioether (sulfide) groups is 1. The second kappa shape index (κ2) is 17.8. The number of ether oxygens (including phenoxy) is 1. The minimum atomic E-state index is -4.46. The average Bonchev–Trinajstić information content (AvgIpc) is 3.21. The number of nitrogens with one attached hydrogen (secondary N) is 2. The third-order valence-corrected chi connectivity index (χ3v) is 16.4. The van der Waals surface area contributed by atoms with Crippen LogP contribution in [0.3, 0.4) is 0 Å². The number of hydrogen-bond acceptors (Lipinski definition) is 11. The lowest BCUT2D eigenvalue weighted by atomic mass is 9.32. The number of nitrogens with zero attached hydrogens (tertiary/aromatic N) is 4. The molecule has 0 aromatic heterocycles. The third-order valence-electron chi connectivity index (χ3n) is 13.8. The second-order valence-electron chi connectivity index (χ2n) is 18.9. The van der Waals surface area contributed by atoms with Gasteiger partial charge in [-0.2, -0.15) is 0 Å². The number of rotatable bonds is 16. The number of hydrogen-bond donors (Lipinski definition) is 2. The Morgan fingerprint density at radius 1 is 0.952 bits per heavy atom. The minimum Gasteiger partial charge on any atom is -0.379 e. The van der Waals surface area contributed by atoms with E-state index in [1.165, 1.54) is 23.3 Å². The van der Waals surface area contributed by atoms with Gasteiger partial charge in [0.15, 0.2) is 0 Å². The minimum absolute atomic E-state index is 0.00584. The van der Waals surface area contributed by atoms with Crippen molar-refractivity contribution in [2.24, 2.45) is 16.2 Å². The summed E-state index contributed by atoms with van der Waals surface area (Å²) in [7, 11) is -4.46. The molecule has 3 aromatic rings. The lowest BCUT2D eigenvalue weighted by Crippen LogP contribution is -2.66. The first-order valence-electron chi connectivity index (χ1n) is 21.8. The Labute approximate surface area is 368 Å². The molecule has 3 saturated carbocycles. The van der Waals surface area contributed by atoms with Crippen molar-refractivity contribution in [3.63, 3.8) is 0 Å². The van der Waals surface area contributed by atoms with Crippen LogP contribution in [0.25, 0.3) is 0 Å². The lowest BCUT2D eigenvalue weighted by molar-refractivity contribution is -0.384. The van der Waals surface area contributed by atoms with Crippen molar-refractivity contribution in [2.75, 3.05) is 69.2 Å². The predicted octanol–water partition coefficient (Wildman–Crippen LogP) is 8.42. The quantitative estimate of drug-likeness (QED) is 0.0621. The number of halogens is 2. The van der Waals surface area contributed by atoms with E-state index in [4.69, 9.17) is 4.74 Å². The first kappa shape index (κ1) is 44.5. The van der Waals surface area contributed by atoms with Crippen molar-refractivity contribution in [1.82, 2.24) is 14.5 Å². The molecular formula is C46H58F2N6O6S2. The van der Waals surface area contributed by atoms with Gasteiger partial charge in [0, 0.05) is 79.5 Å². The fraction of sp³-hybridized carbons (Fsp3) is 0.543. The summed E-state index contributed by atoms with van der Waals surface area (Å²) in [6.07, 6.45) is 3.47. The number of sulfonamides is 1. The molecule has 2 heterocycles. The number of piperazine rings is 1. The van der Waals surface area contributed by atoms with Gasteiger partial charge in [-0.3, -0.25) is 24.7 Å². The summed E-state index contributed by atoms with van der Waals surface area (Å²) in [6.45, 7) is 13.5. The van der Waals surface area contributed by atoms with Crippen LogP contribution in [-0.4, -0.2) is 106 Å². The molecule has 0 radical (unpaired) electrons. The predicted molar refractivity (Wildman–Crippen MR) is 238 cm³/mol. The van der Waals surface area contributed by atoms with Crippen molar-refractivity contribution in [2.45, 2.75) is 93.3 Å². The van der Waals surface area contributed by atoms with E-state index in [1.54, 1.807) is 36.0 Å².